The average Bonchev–Trinajstić information content (AvgIpc) is 2.89. The largest absolute Gasteiger partial charge is 0.469 e. The normalized spacial score (nSPS) is 21.0. The molecule has 2 atom stereocenters. The van der Waals surface area contributed by atoms with Crippen molar-refractivity contribution in [2.24, 2.45) is 11.8 Å². The molecule has 0 heterocycles. The minimum Gasteiger partial charge on any atom is -0.469 e. The van der Waals surface area contributed by atoms with Crippen LogP contribution in [0, 0.1) is 11.8 Å². The Morgan fingerprint density at radius 2 is 1.91 bits per heavy atom. The van der Waals surface area contributed by atoms with E-state index in [0.717, 1.165) is 44.9 Å². The van der Waals surface area contributed by atoms with Crippen LogP contribution < -0.4 is 0 Å². The SMILES string of the molecule is CCCCCC(=O)C=C[C@H]1CCC(=O)[C@H]1CCCCC(=O)OC. The van der Waals surface area contributed by atoms with Crippen molar-refractivity contribution in [2.45, 2.75) is 71.1 Å². The van der Waals surface area contributed by atoms with Crippen LogP contribution in [0.4, 0.5) is 0 Å². The van der Waals surface area contributed by atoms with Gasteiger partial charge in [-0.05, 0) is 37.7 Å². The highest BCUT2D eigenvalue weighted by Gasteiger charge is 2.32. The van der Waals surface area contributed by atoms with Crippen LogP contribution >= 0.6 is 0 Å². The molecular weight excluding hydrogens is 292 g/mol. The topological polar surface area (TPSA) is 60.4 Å². The summed E-state index contributed by atoms with van der Waals surface area (Å²) in [5, 5.41) is 0. The molecule has 0 aromatic carbocycles. The fraction of sp³-hybridized carbons (Fsp3) is 0.737. The van der Waals surface area contributed by atoms with Gasteiger partial charge >= 0.3 is 5.97 Å². The molecule has 130 valence electrons. The predicted octanol–water partition coefficient (Wildman–Crippen LogP) is 4.02. The Morgan fingerprint density at radius 3 is 2.61 bits per heavy atom. The zero-order chi connectivity index (χ0) is 17.1. The molecule has 0 unspecified atom stereocenters. The van der Waals surface area contributed by atoms with E-state index in [1.807, 2.05) is 6.08 Å². The fourth-order valence-corrected chi connectivity index (χ4v) is 3.14. The molecule has 0 saturated heterocycles. The first kappa shape index (κ1) is 19.6. The van der Waals surface area contributed by atoms with E-state index in [0.29, 0.717) is 25.0 Å². The van der Waals surface area contributed by atoms with Crippen molar-refractivity contribution in [3.05, 3.63) is 12.2 Å². The van der Waals surface area contributed by atoms with Crippen LogP contribution in [0.15, 0.2) is 12.2 Å². The summed E-state index contributed by atoms with van der Waals surface area (Å²) in [5.41, 5.74) is 0. The highest BCUT2D eigenvalue weighted by Crippen LogP contribution is 2.33. The lowest BCUT2D eigenvalue weighted by Gasteiger charge is -2.14. The van der Waals surface area contributed by atoms with Crippen LogP contribution in [-0.4, -0.2) is 24.6 Å². The zero-order valence-electron chi connectivity index (χ0n) is 14.5. The molecule has 0 radical (unpaired) electrons. The van der Waals surface area contributed by atoms with Crippen molar-refractivity contribution >= 4 is 17.5 Å². The van der Waals surface area contributed by atoms with Crippen molar-refractivity contribution in [1.82, 2.24) is 0 Å². The number of Topliss-reactive ketones (excluding diaryl/α,β-unsaturated/α-hetero) is 1. The zero-order valence-corrected chi connectivity index (χ0v) is 14.5. The second-order valence-corrected chi connectivity index (χ2v) is 6.38. The molecule has 0 spiro atoms. The van der Waals surface area contributed by atoms with E-state index in [1.54, 1.807) is 6.08 Å². The summed E-state index contributed by atoms with van der Waals surface area (Å²) in [6, 6.07) is 0. The number of hydrogen-bond donors (Lipinski definition) is 0. The number of hydrogen-bond acceptors (Lipinski definition) is 4. The number of allylic oxidation sites excluding steroid dienone is 2. The lowest BCUT2D eigenvalue weighted by Crippen LogP contribution is -2.14. The standard InChI is InChI=1S/C19H30O4/c1-3-4-5-8-16(20)13-11-15-12-14-18(21)17(15)9-6-7-10-19(22)23-2/h11,13,15,17H,3-10,12,14H2,1-2H3/t15-,17-/m0/s1. The van der Waals surface area contributed by atoms with E-state index >= 15 is 0 Å². The minimum atomic E-state index is -0.197. The number of ketones is 2. The second kappa shape index (κ2) is 11.1. The van der Waals surface area contributed by atoms with Gasteiger partial charge in [-0.3, -0.25) is 14.4 Å². The van der Waals surface area contributed by atoms with Gasteiger partial charge in [-0.15, -0.1) is 0 Å². The molecule has 0 N–H and O–H groups in total. The van der Waals surface area contributed by atoms with Gasteiger partial charge in [0.1, 0.15) is 5.78 Å². The number of rotatable bonds is 11. The van der Waals surface area contributed by atoms with Crippen molar-refractivity contribution in [3.8, 4) is 0 Å². The summed E-state index contributed by atoms with van der Waals surface area (Å²) in [5.74, 6) is 0.485. The molecule has 4 heteroatoms. The number of methoxy groups -OCH3 is 1. The third kappa shape index (κ3) is 7.58. The summed E-state index contributed by atoms with van der Waals surface area (Å²) in [6.45, 7) is 2.12. The molecule has 1 aliphatic rings. The van der Waals surface area contributed by atoms with Crippen LogP contribution in [0.2, 0.25) is 0 Å². The third-order valence-corrected chi connectivity index (χ3v) is 4.58. The van der Waals surface area contributed by atoms with E-state index in [1.165, 1.54) is 7.11 Å². The van der Waals surface area contributed by atoms with Crippen LogP contribution in [0.5, 0.6) is 0 Å². The maximum atomic E-state index is 12.0. The molecule has 0 aromatic heterocycles. The van der Waals surface area contributed by atoms with Gasteiger partial charge in [-0.1, -0.05) is 32.3 Å². The van der Waals surface area contributed by atoms with E-state index in [4.69, 9.17) is 0 Å². The molecule has 0 aromatic rings. The Balaban J connectivity index is 2.37. The smallest absolute Gasteiger partial charge is 0.305 e. The lowest BCUT2D eigenvalue weighted by atomic mass is 9.89. The van der Waals surface area contributed by atoms with Gasteiger partial charge < -0.3 is 4.74 Å². The van der Waals surface area contributed by atoms with E-state index in [2.05, 4.69) is 11.7 Å². The van der Waals surface area contributed by atoms with Crippen LogP contribution in [-0.2, 0) is 19.1 Å². The molecule has 23 heavy (non-hydrogen) atoms. The van der Waals surface area contributed by atoms with Crippen LogP contribution in [0.3, 0.4) is 0 Å². The summed E-state index contributed by atoms with van der Waals surface area (Å²) in [4.78, 5) is 34.9. The Bertz CT molecular complexity index is 425. The number of carbonyl (C=O) groups excluding carboxylic acids is 3. The van der Waals surface area contributed by atoms with Gasteiger partial charge in [-0.25, -0.2) is 0 Å². The molecule has 1 fully saturated rings. The van der Waals surface area contributed by atoms with Crippen molar-refractivity contribution in [2.75, 3.05) is 7.11 Å². The minimum absolute atomic E-state index is 0.0207. The van der Waals surface area contributed by atoms with Gasteiger partial charge in [-0.2, -0.15) is 0 Å². The summed E-state index contributed by atoms with van der Waals surface area (Å²) >= 11 is 0. The maximum absolute atomic E-state index is 12.0. The van der Waals surface area contributed by atoms with Crippen molar-refractivity contribution in [3.63, 3.8) is 0 Å². The molecular formula is C19H30O4. The molecule has 1 aliphatic carbocycles. The van der Waals surface area contributed by atoms with Gasteiger partial charge in [0.2, 0.25) is 0 Å². The van der Waals surface area contributed by atoms with Crippen LogP contribution in [0.25, 0.3) is 0 Å². The van der Waals surface area contributed by atoms with Gasteiger partial charge in [0.25, 0.3) is 0 Å². The first-order chi connectivity index (χ1) is 11.1. The monoisotopic (exact) mass is 322 g/mol. The molecule has 0 bridgehead atoms. The van der Waals surface area contributed by atoms with Crippen molar-refractivity contribution < 1.29 is 19.1 Å². The second-order valence-electron chi connectivity index (χ2n) is 6.38. The molecule has 0 amide bonds. The van der Waals surface area contributed by atoms with Gasteiger partial charge in [0.15, 0.2) is 5.78 Å². The highest BCUT2D eigenvalue weighted by molar-refractivity contribution is 5.90. The number of ether oxygens (including phenoxy) is 1. The Kier molecular flexibility index (Phi) is 9.49. The quantitative estimate of drug-likeness (QED) is 0.327. The number of carbonyl (C=O) groups is 3. The number of esters is 1. The van der Waals surface area contributed by atoms with E-state index in [9.17, 15) is 14.4 Å². The fourth-order valence-electron chi connectivity index (χ4n) is 3.14. The van der Waals surface area contributed by atoms with E-state index < -0.39 is 0 Å². The summed E-state index contributed by atoms with van der Waals surface area (Å²) < 4.78 is 4.62. The molecule has 1 rings (SSSR count). The van der Waals surface area contributed by atoms with Crippen molar-refractivity contribution in [1.29, 1.82) is 0 Å². The Morgan fingerprint density at radius 1 is 1.17 bits per heavy atom. The molecule has 4 nitrogen and oxygen atoms in total. The lowest BCUT2D eigenvalue weighted by molar-refractivity contribution is -0.140. The summed E-state index contributed by atoms with van der Waals surface area (Å²) in [7, 11) is 1.39. The predicted molar refractivity (Wildman–Crippen MR) is 90.0 cm³/mol. The maximum Gasteiger partial charge on any atom is 0.305 e. The first-order valence-electron chi connectivity index (χ1n) is 8.89. The average molecular weight is 322 g/mol. The van der Waals surface area contributed by atoms with Crippen LogP contribution in [0.1, 0.15) is 71.1 Å². The summed E-state index contributed by atoms with van der Waals surface area (Å²) in [6.07, 6.45) is 11.7. The third-order valence-electron chi connectivity index (χ3n) is 4.58. The molecule has 1 saturated carbocycles. The highest BCUT2D eigenvalue weighted by atomic mass is 16.5. The van der Waals surface area contributed by atoms with E-state index in [-0.39, 0.29) is 23.6 Å². The van der Waals surface area contributed by atoms with Gasteiger partial charge in [0, 0.05) is 25.2 Å². The molecule has 0 aliphatic heterocycles. The Hall–Kier alpha value is -1.45. The Labute approximate surface area is 139 Å². The first-order valence-corrected chi connectivity index (χ1v) is 8.89. The van der Waals surface area contributed by atoms with Gasteiger partial charge in [0.05, 0.1) is 7.11 Å². The number of unbranched alkanes of at least 4 members (excludes halogenated alkanes) is 3.